The van der Waals surface area contributed by atoms with Crippen molar-refractivity contribution in [2.24, 2.45) is 5.11 Å². The predicted octanol–water partition coefficient (Wildman–Crippen LogP) is 3.41. The molecule has 0 atom stereocenters. The second-order valence-electron chi connectivity index (χ2n) is 5.10. The van der Waals surface area contributed by atoms with Gasteiger partial charge < -0.3 is 14.2 Å². The highest BCUT2D eigenvalue weighted by atomic mass is 32.2. The highest BCUT2D eigenvalue weighted by Crippen LogP contribution is 2.42. The monoisotopic (exact) mass is 385 g/mol. The van der Waals surface area contributed by atoms with Gasteiger partial charge in [-0.3, -0.25) is 0 Å². The minimum atomic E-state index is -0.584. The van der Waals surface area contributed by atoms with Gasteiger partial charge in [-0.2, -0.15) is 5.53 Å². The largest absolute Gasteiger partial charge is 0.493 e. The first-order valence-corrected chi connectivity index (χ1v) is 9.19. The maximum Gasteiger partial charge on any atom is 0.389 e. The van der Waals surface area contributed by atoms with Gasteiger partial charge in [0.15, 0.2) is 11.4 Å². The number of benzene rings is 2. The van der Waals surface area contributed by atoms with Crippen molar-refractivity contribution in [2.45, 2.75) is 30.6 Å². The lowest BCUT2D eigenvalue weighted by Crippen LogP contribution is -2.22. The summed E-state index contributed by atoms with van der Waals surface area (Å²) in [5.74, 6) is 5.95. The Balaban J connectivity index is 2.26. The van der Waals surface area contributed by atoms with Gasteiger partial charge in [0, 0.05) is 22.9 Å². The van der Waals surface area contributed by atoms with Crippen LogP contribution >= 0.6 is 11.8 Å². The molecule has 0 aliphatic heterocycles. The molecule has 0 unspecified atom stereocenters. The van der Waals surface area contributed by atoms with E-state index in [-0.39, 0.29) is 0 Å². The molecule has 6 nitrogen and oxygen atoms in total. The van der Waals surface area contributed by atoms with Gasteiger partial charge in [0.25, 0.3) is 0 Å². The first-order valence-electron chi connectivity index (χ1n) is 8.38. The van der Waals surface area contributed by atoms with Crippen molar-refractivity contribution in [1.82, 2.24) is 0 Å². The van der Waals surface area contributed by atoms with E-state index >= 15 is 0 Å². The number of esters is 1. The number of ether oxygens (including phenoxy) is 3. The van der Waals surface area contributed by atoms with Crippen LogP contribution in [0.15, 0.2) is 51.3 Å². The third-order valence-electron chi connectivity index (χ3n) is 3.25. The third kappa shape index (κ3) is 5.76. The zero-order valence-electron chi connectivity index (χ0n) is 15.4. The van der Waals surface area contributed by atoms with E-state index in [1.807, 2.05) is 32.0 Å². The average Bonchev–Trinajstić information content (AvgIpc) is 2.65. The molecule has 27 heavy (non-hydrogen) atoms. The SMILES string of the molecule is CC#CC(=O)Oc1ccc(Sc2cc(OCC)c(N=[NH2+])cc2OCC)cc1. The van der Waals surface area contributed by atoms with Crippen LogP contribution in [0.2, 0.25) is 0 Å². The Labute approximate surface area is 162 Å². The van der Waals surface area contributed by atoms with Crippen molar-refractivity contribution in [3.8, 4) is 29.1 Å². The molecule has 2 aromatic carbocycles. The Morgan fingerprint density at radius 3 is 2.37 bits per heavy atom. The number of rotatable bonds is 8. The smallest absolute Gasteiger partial charge is 0.389 e. The average molecular weight is 385 g/mol. The molecule has 2 rings (SSSR count). The number of nitrogens with two attached hydrogens (primary N) is 1. The van der Waals surface area contributed by atoms with E-state index in [9.17, 15) is 4.79 Å². The van der Waals surface area contributed by atoms with Crippen LogP contribution in [0.1, 0.15) is 20.8 Å². The molecule has 0 heterocycles. The molecule has 0 aromatic heterocycles. The molecule has 0 bridgehead atoms. The van der Waals surface area contributed by atoms with Gasteiger partial charge >= 0.3 is 5.97 Å². The Morgan fingerprint density at radius 2 is 1.78 bits per heavy atom. The van der Waals surface area contributed by atoms with Gasteiger partial charge in [0.1, 0.15) is 11.5 Å². The van der Waals surface area contributed by atoms with Crippen LogP contribution in [-0.2, 0) is 4.79 Å². The number of carbonyl (C=O) groups is 1. The van der Waals surface area contributed by atoms with Crippen molar-refractivity contribution < 1.29 is 24.5 Å². The predicted molar refractivity (Wildman–Crippen MR) is 102 cm³/mol. The number of hydrogen-bond acceptors (Lipinski definition) is 6. The minimum Gasteiger partial charge on any atom is -0.493 e. The van der Waals surface area contributed by atoms with Crippen LogP contribution in [0.25, 0.3) is 0 Å². The van der Waals surface area contributed by atoms with E-state index in [1.54, 1.807) is 25.1 Å². The van der Waals surface area contributed by atoms with E-state index < -0.39 is 5.97 Å². The normalized spacial score (nSPS) is 9.74. The maximum absolute atomic E-state index is 11.4. The van der Waals surface area contributed by atoms with Crippen LogP contribution in [0.4, 0.5) is 5.69 Å². The lowest BCUT2D eigenvalue weighted by molar-refractivity contribution is -0.210. The highest BCUT2D eigenvalue weighted by molar-refractivity contribution is 7.99. The summed E-state index contributed by atoms with van der Waals surface area (Å²) >= 11 is 1.50. The summed E-state index contributed by atoms with van der Waals surface area (Å²) in [5, 5.41) is 3.76. The van der Waals surface area contributed by atoms with Gasteiger partial charge in [0.05, 0.1) is 18.1 Å². The lowest BCUT2D eigenvalue weighted by Gasteiger charge is -2.13. The third-order valence-corrected chi connectivity index (χ3v) is 4.30. The summed E-state index contributed by atoms with van der Waals surface area (Å²) in [4.78, 5) is 13.2. The molecule has 0 amide bonds. The van der Waals surface area contributed by atoms with Crippen molar-refractivity contribution in [3.63, 3.8) is 0 Å². The molecule has 0 saturated carbocycles. The number of carbonyl (C=O) groups excluding carboxylic acids is 1. The Kier molecular flexibility index (Phi) is 7.71. The van der Waals surface area contributed by atoms with Crippen molar-refractivity contribution in [2.75, 3.05) is 13.2 Å². The van der Waals surface area contributed by atoms with E-state index in [2.05, 4.69) is 17.0 Å². The number of nitrogens with zero attached hydrogens (tertiary/aromatic N) is 1. The molecule has 2 N–H and O–H groups in total. The van der Waals surface area contributed by atoms with Gasteiger partial charge in [-0.05, 0) is 50.2 Å². The van der Waals surface area contributed by atoms with Gasteiger partial charge in [-0.25, -0.2) is 4.79 Å². The molecule has 7 heteroatoms. The molecule has 140 valence electrons. The van der Waals surface area contributed by atoms with Crippen LogP contribution < -0.4 is 19.7 Å². The van der Waals surface area contributed by atoms with Crippen molar-refractivity contribution >= 4 is 23.4 Å². The van der Waals surface area contributed by atoms with Gasteiger partial charge in [0.2, 0.25) is 0 Å². The summed E-state index contributed by atoms with van der Waals surface area (Å²) in [6, 6.07) is 10.7. The standard InChI is InChI=1S/C20H20N2O4S/c1-4-7-20(23)26-14-8-10-15(11-9-14)27-19-13-17(24-5-2)16(22-21)12-18(19)25-6-3/h8-13,21H,5-6H2,1-3H3/p+1. The first kappa shape index (κ1) is 20.3. The molecule has 0 saturated heterocycles. The second-order valence-corrected chi connectivity index (χ2v) is 6.22. The molecule has 0 spiro atoms. The minimum absolute atomic E-state index is 0.435. The fourth-order valence-electron chi connectivity index (χ4n) is 2.19. The molecule has 2 aromatic rings. The quantitative estimate of drug-likeness (QED) is 0.248. The molecule has 0 aliphatic carbocycles. The topological polar surface area (TPSA) is 82.7 Å². The zero-order chi connectivity index (χ0) is 19.6. The Morgan fingerprint density at radius 1 is 1.11 bits per heavy atom. The summed E-state index contributed by atoms with van der Waals surface area (Å²) in [5.41, 5.74) is 5.99. The van der Waals surface area contributed by atoms with Gasteiger partial charge in [-0.15, -0.1) is 0 Å². The molecular formula is C20H21N2O4S+. The molecular weight excluding hydrogens is 364 g/mol. The fourth-order valence-corrected chi connectivity index (χ4v) is 3.10. The van der Waals surface area contributed by atoms with Crippen LogP contribution in [0.3, 0.4) is 0 Å². The zero-order valence-corrected chi connectivity index (χ0v) is 16.3. The Hall–Kier alpha value is -2.98. The Bertz CT molecular complexity index is 870. The van der Waals surface area contributed by atoms with E-state index in [1.165, 1.54) is 11.8 Å². The highest BCUT2D eigenvalue weighted by Gasteiger charge is 2.14. The maximum atomic E-state index is 11.4. The summed E-state index contributed by atoms with van der Waals surface area (Å²) < 4.78 is 16.4. The molecule has 0 radical (unpaired) electrons. The van der Waals surface area contributed by atoms with Crippen LogP contribution in [-0.4, -0.2) is 19.2 Å². The fraction of sp³-hybridized carbons (Fsp3) is 0.250. The van der Waals surface area contributed by atoms with Crippen molar-refractivity contribution in [1.29, 1.82) is 0 Å². The van der Waals surface area contributed by atoms with E-state index in [0.29, 0.717) is 36.1 Å². The second kappa shape index (κ2) is 10.2. The summed E-state index contributed by atoms with van der Waals surface area (Å²) in [7, 11) is 0. The van der Waals surface area contributed by atoms with Gasteiger partial charge in [-0.1, -0.05) is 17.7 Å². The summed E-state index contributed by atoms with van der Waals surface area (Å²) in [6.45, 7) is 6.40. The van der Waals surface area contributed by atoms with Crippen molar-refractivity contribution in [3.05, 3.63) is 36.4 Å². The summed E-state index contributed by atoms with van der Waals surface area (Å²) in [6.07, 6.45) is 0. The van der Waals surface area contributed by atoms with Crippen LogP contribution in [0.5, 0.6) is 17.2 Å². The molecule has 0 fully saturated rings. The first-order chi connectivity index (χ1) is 13.1. The molecule has 0 aliphatic rings. The van der Waals surface area contributed by atoms with E-state index in [0.717, 1.165) is 9.79 Å². The van der Waals surface area contributed by atoms with Crippen LogP contribution in [0, 0.1) is 11.8 Å². The number of hydrogen-bond donors (Lipinski definition) is 1. The lowest BCUT2D eigenvalue weighted by atomic mass is 10.2. The van der Waals surface area contributed by atoms with E-state index in [4.69, 9.17) is 19.7 Å².